The van der Waals surface area contributed by atoms with E-state index < -0.39 is 4.92 Å². The highest BCUT2D eigenvalue weighted by molar-refractivity contribution is 5.82. The molecule has 36 heavy (non-hydrogen) atoms. The fourth-order valence-electron chi connectivity index (χ4n) is 3.71. The molecule has 8 nitrogen and oxygen atoms in total. The first-order valence-corrected chi connectivity index (χ1v) is 11.2. The van der Waals surface area contributed by atoms with Gasteiger partial charge in [0, 0.05) is 17.7 Å². The zero-order chi connectivity index (χ0) is 24.9. The van der Waals surface area contributed by atoms with Gasteiger partial charge in [0.05, 0.1) is 22.0 Å². The molecule has 0 atom stereocenters. The second-order valence-electron chi connectivity index (χ2n) is 7.96. The summed E-state index contributed by atoms with van der Waals surface area (Å²) in [6, 6.07) is 30.1. The maximum atomic E-state index is 13.2. The van der Waals surface area contributed by atoms with Crippen molar-refractivity contribution in [2.24, 2.45) is 5.10 Å². The Balaban J connectivity index is 1.39. The van der Waals surface area contributed by atoms with E-state index in [-0.39, 0.29) is 17.9 Å². The molecule has 0 radical (unpaired) electrons. The first-order valence-electron chi connectivity index (χ1n) is 11.2. The molecule has 4 aromatic carbocycles. The number of nitro benzene ring substituents is 1. The topological polar surface area (TPSA) is 99.6 Å². The van der Waals surface area contributed by atoms with Crippen LogP contribution < -0.4 is 10.3 Å². The van der Waals surface area contributed by atoms with Gasteiger partial charge in [0.1, 0.15) is 12.4 Å². The first-order chi connectivity index (χ1) is 17.6. The first kappa shape index (κ1) is 22.7. The average Bonchev–Trinajstić information content (AvgIpc) is 2.92. The average molecular weight is 476 g/mol. The number of aromatic nitrogens is 2. The number of nitro groups is 1. The molecule has 0 saturated carbocycles. The predicted octanol–water partition coefficient (Wildman–Crippen LogP) is 5.43. The summed E-state index contributed by atoms with van der Waals surface area (Å²) >= 11 is 0. The lowest BCUT2D eigenvalue weighted by molar-refractivity contribution is -0.384. The van der Waals surface area contributed by atoms with Crippen LogP contribution >= 0.6 is 0 Å². The second-order valence-corrected chi connectivity index (χ2v) is 7.96. The monoisotopic (exact) mass is 476 g/mol. The number of hydrogen-bond donors (Lipinski definition) is 0. The van der Waals surface area contributed by atoms with Gasteiger partial charge in [0.25, 0.3) is 11.2 Å². The van der Waals surface area contributed by atoms with Crippen LogP contribution in [0.25, 0.3) is 22.3 Å². The molecular formula is C28H20N4O4. The SMILES string of the molecule is O=c1c2ccccc2nc(-c2ccccc2)n1N=Cc1ccc(OCc2cccc([N+](=O)[O-])c2)cc1. The van der Waals surface area contributed by atoms with Gasteiger partial charge >= 0.3 is 0 Å². The lowest BCUT2D eigenvalue weighted by Crippen LogP contribution is -2.20. The fourth-order valence-corrected chi connectivity index (χ4v) is 3.71. The Kier molecular flexibility index (Phi) is 6.31. The van der Waals surface area contributed by atoms with E-state index in [1.165, 1.54) is 16.8 Å². The third kappa shape index (κ3) is 4.88. The Morgan fingerprint density at radius 2 is 1.67 bits per heavy atom. The van der Waals surface area contributed by atoms with Crippen LogP contribution in [0.2, 0.25) is 0 Å². The van der Waals surface area contributed by atoms with Crippen molar-refractivity contribution in [2.75, 3.05) is 0 Å². The van der Waals surface area contributed by atoms with Crippen molar-refractivity contribution in [3.8, 4) is 17.1 Å². The Hall–Kier alpha value is -5.11. The van der Waals surface area contributed by atoms with E-state index in [9.17, 15) is 14.9 Å². The van der Waals surface area contributed by atoms with Crippen molar-refractivity contribution in [1.29, 1.82) is 0 Å². The molecule has 1 heterocycles. The Morgan fingerprint density at radius 1 is 0.917 bits per heavy atom. The van der Waals surface area contributed by atoms with Crippen LogP contribution in [-0.2, 0) is 6.61 Å². The van der Waals surface area contributed by atoms with Crippen molar-refractivity contribution < 1.29 is 9.66 Å². The summed E-state index contributed by atoms with van der Waals surface area (Å²) in [6.07, 6.45) is 1.59. The molecule has 0 bridgehead atoms. The molecule has 1 aromatic heterocycles. The summed E-state index contributed by atoms with van der Waals surface area (Å²) in [5.74, 6) is 1.06. The van der Waals surface area contributed by atoms with Crippen molar-refractivity contribution in [2.45, 2.75) is 6.61 Å². The molecule has 0 N–H and O–H groups in total. The minimum Gasteiger partial charge on any atom is -0.489 e. The third-order valence-electron chi connectivity index (χ3n) is 5.52. The molecule has 176 valence electrons. The van der Waals surface area contributed by atoms with Gasteiger partial charge in [-0.3, -0.25) is 14.9 Å². The minimum atomic E-state index is -0.433. The van der Waals surface area contributed by atoms with Crippen molar-refractivity contribution in [1.82, 2.24) is 9.66 Å². The van der Waals surface area contributed by atoms with Gasteiger partial charge in [-0.25, -0.2) is 4.98 Å². The number of hydrogen-bond acceptors (Lipinski definition) is 6. The smallest absolute Gasteiger partial charge is 0.282 e. The van der Waals surface area contributed by atoms with Crippen molar-refractivity contribution >= 4 is 22.8 Å². The lowest BCUT2D eigenvalue weighted by Gasteiger charge is -2.09. The van der Waals surface area contributed by atoms with Crippen LogP contribution in [-0.4, -0.2) is 20.8 Å². The van der Waals surface area contributed by atoms with Gasteiger partial charge in [0.2, 0.25) is 0 Å². The summed E-state index contributed by atoms with van der Waals surface area (Å²) in [5.41, 5.74) is 2.62. The molecule has 5 aromatic rings. The van der Waals surface area contributed by atoms with Gasteiger partial charge in [0.15, 0.2) is 5.82 Å². The van der Waals surface area contributed by atoms with Crippen LogP contribution in [0.15, 0.2) is 113 Å². The number of benzene rings is 4. The number of para-hydroxylation sites is 1. The Labute approximate surface area is 205 Å². The number of nitrogens with zero attached hydrogens (tertiary/aromatic N) is 4. The van der Waals surface area contributed by atoms with E-state index in [1.54, 1.807) is 42.6 Å². The summed E-state index contributed by atoms with van der Waals surface area (Å²) in [5, 5.41) is 15.9. The largest absolute Gasteiger partial charge is 0.489 e. The van der Waals surface area contributed by atoms with Crippen LogP contribution in [0.3, 0.4) is 0 Å². The molecule has 5 rings (SSSR count). The van der Waals surface area contributed by atoms with Gasteiger partial charge in [-0.1, -0.05) is 54.6 Å². The van der Waals surface area contributed by atoms with Gasteiger partial charge in [-0.05, 0) is 47.5 Å². The third-order valence-corrected chi connectivity index (χ3v) is 5.52. The zero-order valence-electron chi connectivity index (χ0n) is 19.0. The Bertz CT molecular complexity index is 1630. The van der Waals surface area contributed by atoms with Crippen molar-refractivity contribution in [3.05, 3.63) is 135 Å². The fraction of sp³-hybridized carbons (Fsp3) is 0.0357. The van der Waals surface area contributed by atoms with Crippen LogP contribution in [0.4, 0.5) is 5.69 Å². The molecule has 8 heteroatoms. The van der Waals surface area contributed by atoms with E-state index in [0.717, 1.165) is 11.1 Å². The minimum absolute atomic E-state index is 0.0240. The highest BCUT2D eigenvalue weighted by Gasteiger charge is 2.12. The summed E-state index contributed by atoms with van der Waals surface area (Å²) in [7, 11) is 0. The molecule has 0 aliphatic rings. The van der Waals surface area contributed by atoms with Crippen LogP contribution in [0.1, 0.15) is 11.1 Å². The van der Waals surface area contributed by atoms with E-state index in [1.807, 2.05) is 54.6 Å². The molecular weight excluding hydrogens is 456 g/mol. The maximum Gasteiger partial charge on any atom is 0.282 e. The number of non-ortho nitro benzene ring substituents is 1. The normalized spacial score (nSPS) is 11.1. The van der Waals surface area contributed by atoms with E-state index in [0.29, 0.717) is 28.0 Å². The van der Waals surface area contributed by atoms with Gasteiger partial charge < -0.3 is 4.74 Å². The molecule has 0 unspecified atom stereocenters. The quantitative estimate of drug-likeness (QED) is 0.177. The second kappa shape index (κ2) is 10.0. The lowest BCUT2D eigenvalue weighted by atomic mass is 10.2. The standard InChI is InChI=1S/C28H20N4O4/c33-28-25-11-4-5-12-26(25)30-27(22-8-2-1-3-9-22)31(28)29-18-20-13-15-24(16-14-20)36-19-21-7-6-10-23(17-21)32(34)35/h1-18H,19H2. The van der Waals surface area contributed by atoms with Gasteiger partial charge in [-0.2, -0.15) is 9.78 Å². The number of fused-ring (bicyclic) bond motifs is 1. The van der Waals surface area contributed by atoms with E-state index >= 15 is 0 Å². The van der Waals surface area contributed by atoms with Crippen molar-refractivity contribution in [3.63, 3.8) is 0 Å². The summed E-state index contributed by atoms with van der Waals surface area (Å²) in [6.45, 7) is 0.202. The molecule has 0 aliphatic heterocycles. The molecule has 0 spiro atoms. The molecule has 0 aliphatic carbocycles. The zero-order valence-corrected chi connectivity index (χ0v) is 19.0. The summed E-state index contributed by atoms with van der Waals surface area (Å²) in [4.78, 5) is 28.4. The molecule has 0 amide bonds. The van der Waals surface area contributed by atoms with Crippen LogP contribution in [0.5, 0.6) is 5.75 Å². The number of rotatable bonds is 7. The number of ether oxygens (including phenoxy) is 1. The van der Waals surface area contributed by atoms with Gasteiger partial charge in [-0.15, -0.1) is 0 Å². The molecule has 0 saturated heterocycles. The van der Waals surface area contributed by atoms with E-state index in [4.69, 9.17) is 4.74 Å². The predicted molar refractivity (Wildman–Crippen MR) is 138 cm³/mol. The maximum absolute atomic E-state index is 13.2. The Morgan fingerprint density at radius 3 is 2.44 bits per heavy atom. The highest BCUT2D eigenvalue weighted by Crippen LogP contribution is 2.20. The van der Waals surface area contributed by atoms with Crippen LogP contribution in [0, 0.1) is 10.1 Å². The van der Waals surface area contributed by atoms with E-state index in [2.05, 4.69) is 10.1 Å². The summed E-state index contributed by atoms with van der Waals surface area (Å²) < 4.78 is 7.07. The molecule has 0 fully saturated rings. The highest BCUT2D eigenvalue weighted by atomic mass is 16.6.